The van der Waals surface area contributed by atoms with E-state index in [1.54, 1.807) is 12.1 Å². The molecule has 0 spiro atoms. The van der Waals surface area contributed by atoms with Crippen LogP contribution in [0.25, 0.3) is 0 Å². The van der Waals surface area contributed by atoms with Gasteiger partial charge in [-0.3, -0.25) is 4.79 Å². The smallest absolute Gasteiger partial charge is 0.223 e. The molecule has 1 heterocycles. The summed E-state index contributed by atoms with van der Waals surface area (Å²) < 4.78 is 13.6. The van der Waals surface area contributed by atoms with E-state index >= 15 is 0 Å². The molecule has 0 aromatic heterocycles. The highest BCUT2D eigenvalue weighted by Gasteiger charge is 2.58. The molecule has 140 valence electrons. The van der Waals surface area contributed by atoms with Gasteiger partial charge in [-0.2, -0.15) is 0 Å². The van der Waals surface area contributed by atoms with E-state index in [4.69, 9.17) is 0 Å². The average Bonchev–Trinajstić information content (AvgIpc) is 2.58. The lowest BCUT2D eigenvalue weighted by molar-refractivity contribution is -0.147. The fourth-order valence-corrected chi connectivity index (χ4v) is 6.96. The maximum absolute atomic E-state index is 13.6. The molecule has 26 heavy (non-hydrogen) atoms. The zero-order chi connectivity index (χ0) is 17.9. The van der Waals surface area contributed by atoms with Crippen molar-refractivity contribution in [1.82, 2.24) is 4.90 Å². The van der Waals surface area contributed by atoms with Gasteiger partial charge in [-0.05, 0) is 79.9 Å². The van der Waals surface area contributed by atoms with Crippen LogP contribution in [0.15, 0.2) is 24.3 Å². The van der Waals surface area contributed by atoms with Gasteiger partial charge in [-0.1, -0.05) is 12.1 Å². The monoisotopic (exact) mass is 357 g/mol. The zero-order valence-electron chi connectivity index (χ0n) is 15.2. The van der Waals surface area contributed by atoms with Crippen LogP contribution in [0.4, 0.5) is 4.39 Å². The minimum absolute atomic E-state index is 0.00426. The lowest BCUT2D eigenvalue weighted by atomic mass is 9.43. The van der Waals surface area contributed by atoms with Crippen LogP contribution in [0.5, 0.6) is 0 Å². The van der Waals surface area contributed by atoms with Gasteiger partial charge in [0.2, 0.25) is 5.91 Å². The number of carbonyl (C=O) groups is 1. The second-order valence-corrected chi connectivity index (χ2v) is 9.24. The van der Waals surface area contributed by atoms with E-state index in [1.807, 2.05) is 17.0 Å². The van der Waals surface area contributed by atoms with E-state index in [2.05, 4.69) is 0 Å². The maximum Gasteiger partial charge on any atom is 0.223 e. The SMILES string of the molecule is O=C(CC1(c2ccc(F)cc2)C2CC3CC(C2)CC1C3)N1CC[C@@H]1CO. The predicted octanol–water partition coefficient (Wildman–Crippen LogP) is 3.50. The van der Waals surface area contributed by atoms with Crippen molar-refractivity contribution < 1.29 is 14.3 Å². The molecule has 4 heteroatoms. The number of aliphatic hydroxyl groups excluding tert-OH is 1. The van der Waals surface area contributed by atoms with Gasteiger partial charge < -0.3 is 10.0 Å². The first-order valence-corrected chi connectivity index (χ1v) is 10.3. The Morgan fingerprint density at radius 2 is 1.69 bits per heavy atom. The fraction of sp³-hybridized carbons (Fsp3) is 0.682. The number of nitrogens with zero attached hydrogens (tertiary/aromatic N) is 1. The highest BCUT2D eigenvalue weighted by atomic mass is 19.1. The summed E-state index contributed by atoms with van der Waals surface area (Å²) >= 11 is 0. The van der Waals surface area contributed by atoms with Crippen LogP contribution in [0.1, 0.15) is 50.5 Å². The standard InChI is InChI=1S/C22H28FNO2/c23-19-3-1-16(2-4-19)22(12-21(26)24-6-5-20(24)13-25)17-8-14-7-15(10-17)11-18(22)9-14/h1-4,14-15,17-18,20,25H,5-13H2/t14?,15?,17?,18?,20-,22?/m1/s1. The quantitative estimate of drug-likeness (QED) is 0.896. The van der Waals surface area contributed by atoms with Crippen LogP contribution in [-0.2, 0) is 10.2 Å². The maximum atomic E-state index is 13.6. The van der Waals surface area contributed by atoms with Gasteiger partial charge in [-0.15, -0.1) is 0 Å². The topological polar surface area (TPSA) is 40.5 Å². The van der Waals surface area contributed by atoms with Crippen molar-refractivity contribution in [3.05, 3.63) is 35.6 Å². The Morgan fingerprint density at radius 1 is 1.08 bits per heavy atom. The van der Waals surface area contributed by atoms with E-state index in [0.717, 1.165) is 24.8 Å². The molecule has 1 aromatic rings. The molecule has 0 radical (unpaired) electrons. The van der Waals surface area contributed by atoms with Crippen molar-refractivity contribution in [2.75, 3.05) is 13.2 Å². The first-order chi connectivity index (χ1) is 12.6. The largest absolute Gasteiger partial charge is 0.394 e. The number of benzene rings is 1. The third-order valence-corrected chi connectivity index (χ3v) is 8.10. The third kappa shape index (κ3) is 2.37. The highest BCUT2D eigenvalue weighted by Crippen LogP contribution is 2.64. The van der Waals surface area contributed by atoms with E-state index in [9.17, 15) is 14.3 Å². The van der Waals surface area contributed by atoms with Crippen molar-refractivity contribution in [1.29, 1.82) is 0 Å². The molecule has 1 amide bonds. The molecule has 0 unspecified atom stereocenters. The van der Waals surface area contributed by atoms with Crippen molar-refractivity contribution in [3.63, 3.8) is 0 Å². The van der Waals surface area contributed by atoms with Gasteiger partial charge in [0.15, 0.2) is 0 Å². The van der Waals surface area contributed by atoms with Crippen LogP contribution >= 0.6 is 0 Å². The van der Waals surface area contributed by atoms with Crippen molar-refractivity contribution in [2.24, 2.45) is 23.7 Å². The van der Waals surface area contributed by atoms with Crippen LogP contribution in [0.3, 0.4) is 0 Å². The van der Waals surface area contributed by atoms with E-state index < -0.39 is 0 Å². The molecule has 5 fully saturated rings. The molecule has 4 saturated carbocycles. The Labute approximate surface area is 154 Å². The number of carbonyl (C=O) groups excluding carboxylic acids is 1. The summed E-state index contributed by atoms with van der Waals surface area (Å²) in [7, 11) is 0. The lowest BCUT2D eigenvalue weighted by Gasteiger charge is -2.62. The highest BCUT2D eigenvalue weighted by molar-refractivity contribution is 5.79. The summed E-state index contributed by atoms with van der Waals surface area (Å²) in [5.74, 6) is 2.73. The minimum atomic E-state index is -0.206. The number of likely N-dealkylation sites (tertiary alicyclic amines) is 1. The number of hydrogen-bond donors (Lipinski definition) is 1. The second kappa shape index (κ2) is 6.05. The van der Waals surface area contributed by atoms with E-state index in [1.165, 1.54) is 37.7 Å². The summed E-state index contributed by atoms with van der Waals surface area (Å²) in [4.78, 5) is 15.0. The molecule has 1 N–H and O–H groups in total. The summed E-state index contributed by atoms with van der Waals surface area (Å²) in [5.41, 5.74) is 1.04. The van der Waals surface area contributed by atoms with E-state index in [0.29, 0.717) is 18.3 Å². The van der Waals surface area contributed by atoms with Gasteiger partial charge in [0, 0.05) is 18.4 Å². The number of rotatable bonds is 4. The number of halogens is 1. The van der Waals surface area contributed by atoms with Crippen molar-refractivity contribution >= 4 is 5.91 Å². The molecule has 1 aromatic carbocycles. The lowest BCUT2D eigenvalue weighted by Crippen LogP contribution is -2.60. The number of amides is 1. The molecular weight excluding hydrogens is 329 g/mol. The van der Waals surface area contributed by atoms with Crippen LogP contribution < -0.4 is 0 Å². The predicted molar refractivity (Wildman–Crippen MR) is 96.9 cm³/mol. The van der Waals surface area contributed by atoms with Gasteiger partial charge in [0.05, 0.1) is 12.6 Å². The molecule has 1 aliphatic heterocycles. The molecule has 4 aliphatic carbocycles. The third-order valence-electron chi connectivity index (χ3n) is 8.10. The van der Waals surface area contributed by atoms with Gasteiger partial charge >= 0.3 is 0 Å². The van der Waals surface area contributed by atoms with Crippen molar-refractivity contribution in [3.8, 4) is 0 Å². The number of aliphatic hydroxyl groups is 1. The molecule has 5 aliphatic rings. The first-order valence-electron chi connectivity index (χ1n) is 10.3. The average molecular weight is 357 g/mol. The van der Waals surface area contributed by atoms with Crippen molar-refractivity contribution in [2.45, 2.75) is 56.4 Å². The Morgan fingerprint density at radius 3 is 2.19 bits per heavy atom. The second-order valence-electron chi connectivity index (χ2n) is 9.24. The normalized spacial score (nSPS) is 40.5. The summed E-state index contributed by atoms with van der Waals surface area (Å²) in [5, 5.41) is 9.49. The zero-order valence-corrected chi connectivity index (χ0v) is 15.2. The van der Waals surface area contributed by atoms with Crippen LogP contribution in [0, 0.1) is 29.5 Å². The fourth-order valence-electron chi connectivity index (χ4n) is 6.96. The Hall–Kier alpha value is -1.42. The first kappa shape index (κ1) is 16.7. The van der Waals surface area contributed by atoms with Crippen LogP contribution in [0.2, 0.25) is 0 Å². The van der Waals surface area contributed by atoms with Gasteiger partial charge in [-0.25, -0.2) is 4.39 Å². The number of hydrogen-bond acceptors (Lipinski definition) is 2. The summed E-state index contributed by atoms with van der Waals surface area (Å²) in [6.45, 7) is 0.830. The summed E-state index contributed by atoms with van der Waals surface area (Å²) in [6.07, 6.45) is 7.70. The molecular formula is C22H28FNO2. The molecule has 1 atom stereocenters. The Kier molecular flexibility index (Phi) is 3.89. The van der Waals surface area contributed by atoms with E-state index in [-0.39, 0.29) is 29.8 Å². The molecule has 6 rings (SSSR count). The van der Waals surface area contributed by atoms with Crippen LogP contribution in [-0.4, -0.2) is 35.1 Å². The minimum Gasteiger partial charge on any atom is -0.394 e. The Bertz CT molecular complexity index is 671. The van der Waals surface area contributed by atoms with Gasteiger partial charge in [0.25, 0.3) is 0 Å². The summed E-state index contributed by atoms with van der Waals surface area (Å²) in [6, 6.07) is 7.00. The molecule has 1 saturated heterocycles. The molecule has 3 nitrogen and oxygen atoms in total. The Balaban J connectivity index is 1.51. The molecule has 4 bridgehead atoms. The van der Waals surface area contributed by atoms with Gasteiger partial charge in [0.1, 0.15) is 5.82 Å².